The van der Waals surface area contributed by atoms with Crippen LogP contribution in [0.1, 0.15) is 18.5 Å². The van der Waals surface area contributed by atoms with E-state index in [1.807, 2.05) is 37.3 Å². The molecular weight excluding hydrogens is 226 g/mol. The van der Waals surface area contributed by atoms with Crippen LogP contribution in [0, 0.1) is 12.3 Å². The maximum atomic E-state index is 7.15. The van der Waals surface area contributed by atoms with E-state index in [1.165, 1.54) is 0 Å². The third kappa shape index (κ3) is 2.97. The third-order valence-corrected chi connectivity index (χ3v) is 2.67. The topological polar surface area (TPSA) is 72.0 Å². The Hall–Kier alpha value is -2.10. The number of nitrogens with one attached hydrogen (secondary N) is 1. The first-order chi connectivity index (χ1) is 8.66. The summed E-state index contributed by atoms with van der Waals surface area (Å²) >= 11 is 0. The molecule has 0 unspecified atom stereocenters. The fraction of sp³-hybridized carbons (Fsp3) is 0.286. The van der Waals surface area contributed by atoms with E-state index < -0.39 is 0 Å². The van der Waals surface area contributed by atoms with Crippen molar-refractivity contribution in [3.8, 4) is 5.75 Å². The summed E-state index contributed by atoms with van der Waals surface area (Å²) in [7, 11) is 0. The number of ether oxygens (including phenoxy) is 1. The predicted octanol–water partition coefficient (Wildman–Crippen LogP) is 2.64. The second kappa shape index (κ2) is 5.49. The number of aromatic nitrogens is 1. The molecule has 1 heterocycles. The normalized spacial score (nSPS) is 10.5. The molecule has 0 atom stereocenters. The molecule has 0 aliphatic carbocycles. The molecule has 0 spiro atoms. The lowest BCUT2D eigenvalue weighted by Crippen LogP contribution is -2.11. The van der Waals surface area contributed by atoms with Gasteiger partial charge in [0.1, 0.15) is 11.3 Å². The number of aryl methyl sites for hydroxylation is 1. The first kappa shape index (κ1) is 12.4. The Bertz CT molecular complexity index is 566. The van der Waals surface area contributed by atoms with Crippen LogP contribution in [-0.4, -0.2) is 17.4 Å². The van der Waals surface area contributed by atoms with E-state index in [0.717, 1.165) is 28.8 Å². The van der Waals surface area contributed by atoms with Crippen LogP contribution in [0.5, 0.6) is 5.75 Å². The molecule has 18 heavy (non-hydrogen) atoms. The van der Waals surface area contributed by atoms with Gasteiger partial charge in [-0.15, -0.1) is 0 Å². The van der Waals surface area contributed by atoms with Gasteiger partial charge in [-0.3, -0.25) is 5.41 Å². The van der Waals surface area contributed by atoms with Crippen molar-refractivity contribution in [1.82, 2.24) is 4.98 Å². The van der Waals surface area contributed by atoms with E-state index in [0.29, 0.717) is 13.0 Å². The number of nitrogens with two attached hydrogens (primary N) is 1. The van der Waals surface area contributed by atoms with Gasteiger partial charge < -0.3 is 10.5 Å². The standard InChI is InChI=1S/C14H17N3O/c1-10-7-8-11-4-2-5-12(14(11)17-10)18-9-3-6-13(15)16/h2,4-5,7-8H,3,6,9H2,1H3,(H3,15,16). The number of fused-ring (bicyclic) bond motifs is 1. The van der Waals surface area contributed by atoms with Gasteiger partial charge in [0, 0.05) is 17.5 Å². The van der Waals surface area contributed by atoms with Crippen molar-refractivity contribution in [2.75, 3.05) is 6.61 Å². The maximum Gasteiger partial charge on any atom is 0.145 e. The van der Waals surface area contributed by atoms with Crippen molar-refractivity contribution in [3.05, 3.63) is 36.0 Å². The fourth-order valence-electron chi connectivity index (χ4n) is 1.78. The third-order valence-electron chi connectivity index (χ3n) is 2.67. The molecule has 0 saturated heterocycles. The Balaban J connectivity index is 2.12. The molecule has 0 amide bonds. The predicted molar refractivity (Wildman–Crippen MR) is 73.1 cm³/mol. The maximum absolute atomic E-state index is 7.15. The van der Waals surface area contributed by atoms with Gasteiger partial charge in [0.05, 0.1) is 12.4 Å². The molecule has 0 fully saturated rings. The number of para-hydroxylation sites is 1. The van der Waals surface area contributed by atoms with E-state index in [2.05, 4.69) is 4.98 Å². The van der Waals surface area contributed by atoms with Crippen molar-refractivity contribution >= 4 is 16.7 Å². The summed E-state index contributed by atoms with van der Waals surface area (Å²) in [5.74, 6) is 0.991. The lowest BCUT2D eigenvalue weighted by Gasteiger charge is -2.08. The average Bonchev–Trinajstić information content (AvgIpc) is 2.34. The highest BCUT2D eigenvalue weighted by Gasteiger charge is 2.03. The summed E-state index contributed by atoms with van der Waals surface area (Å²) in [5, 5.41) is 8.22. The van der Waals surface area contributed by atoms with Gasteiger partial charge in [-0.2, -0.15) is 0 Å². The van der Waals surface area contributed by atoms with E-state index >= 15 is 0 Å². The van der Waals surface area contributed by atoms with Crippen LogP contribution in [0.2, 0.25) is 0 Å². The summed E-state index contributed by atoms with van der Waals surface area (Å²) in [4.78, 5) is 4.50. The molecule has 0 aliphatic heterocycles. The van der Waals surface area contributed by atoms with Crippen LogP contribution < -0.4 is 10.5 Å². The van der Waals surface area contributed by atoms with E-state index in [4.69, 9.17) is 15.9 Å². The number of hydrogen-bond acceptors (Lipinski definition) is 3. The number of rotatable bonds is 5. The van der Waals surface area contributed by atoms with E-state index in [-0.39, 0.29) is 5.84 Å². The number of nitrogens with zero attached hydrogens (tertiary/aromatic N) is 1. The number of hydrogen-bond donors (Lipinski definition) is 2. The Labute approximate surface area is 106 Å². The minimum Gasteiger partial charge on any atom is -0.491 e. The zero-order valence-corrected chi connectivity index (χ0v) is 10.4. The minimum absolute atomic E-state index is 0.200. The van der Waals surface area contributed by atoms with Crippen molar-refractivity contribution in [2.45, 2.75) is 19.8 Å². The van der Waals surface area contributed by atoms with Gasteiger partial charge in [0.2, 0.25) is 0 Å². The zero-order chi connectivity index (χ0) is 13.0. The first-order valence-corrected chi connectivity index (χ1v) is 5.99. The smallest absolute Gasteiger partial charge is 0.145 e. The minimum atomic E-state index is 0.200. The second-order valence-electron chi connectivity index (χ2n) is 4.26. The highest BCUT2D eigenvalue weighted by atomic mass is 16.5. The summed E-state index contributed by atoms with van der Waals surface area (Å²) in [5.41, 5.74) is 7.16. The lowest BCUT2D eigenvalue weighted by atomic mass is 10.2. The Morgan fingerprint density at radius 2 is 2.17 bits per heavy atom. The molecule has 4 nitrogen and oxygen atoms in total. The van der Waals surface area contributed by atoms with Crippen molar-refractivity contribution in [2.24, 2.45) is 5.73 Å². The first-order valence-electron chi connectivity index (χ1n) is 5.99. The Kier molecular flexibility index (Phi) is 3.77. The molecule has 0 aliphatic rings. The average molecular weight is 243 g/mol. The van der Waals surface area contributed by atoms with Crippen molar-refractivity contribution < 1.29 is 4.74 Å². The van der Waals surface area contributed by atoms with Crippen LogP contribution in [0.3, 0.4) is 0 Å². The molecule has 2 aromatic rings. The summed E-state index contributed by atoms with van der Waals surface area (Å²) in [6, 6.07) is 9.92. The molecule has 2 rings (SSSR count). The number of amidine groups is 1. The van der Waals surface area contributed by atoms with Crippen LogP contribution in [-0.2, 0) is 0 Å². The van der Waals surface area contributed by atoms with Crippen LogP contribution in [0.25, 0.3) is 10.9 Å². The van der Waals surface area contributed by atoms with Gasteiger partial charge in [-0.05, 0) is 25.5 Å². The highest BCUT2D eigenvalue weighted by Crippen LogP contribution is 2.23. The van der Waals surface area contributed by atoms with Gasteiger partial charge in [-0.1, -0.05) is 18.2 Å². The molecule has 0 saturated carbocycles. The highest BCUT2D eigenvalue weighted by molar-refractivity contribution is 5.84. The van der Waals surface area contributed by atoms with Gasteiger partial charge in [0.25, 0.3) is 0 Å². The second-order valence-corrected chi connectivity index (χ2v) is 4.26. The van der Waals surface area contributed by atoms with Gasteiger partial charge in [0.15, 0.2) is 0 Å². The van der Waals surface area contributed by atoms with Crippen LogP contribution >= 0.6 is 0 Å². The lowest BCUT2D eigenvalue weighted by molar-refractivity contribution is 0.316. The quantitative estimate of drug-likeness (QED) is 0.481. The molecular formula is C14H17N3O. The molecule has 0 bridgehead atoms. The molecule has 1 aromatic carbocycles. The molecule has 3 N–H and O–H groups in total. The van der Waals surface area contributed by atoms with Crippen LogP contribution in [0.4, 0.5) is 0 Å². The summed E-state index contributed by atoms with van der Waals surface area (Å²) in [6.45, 7) is 2.51. The summed E-state index contributed by atoms with van der Waals surface area (Å²) in [6.07, 6.45) is 1.31. The van der Waals surface area contributed by atoms with E-state index in [1.54, 1.807) is 0 Å². The zero-order valence-electron chi connectivity index (χ0n) is 10.4. The monoisotopic (exact) mass is 243 g/mol. The number of benzene rings is 1. The molecule has 0 radical (unpaired) electrons. The van der Waals surface area contributed by atoms with E-state index in [9.17, 15) is 0 Å². The molecule has 4 heteroatoms. The van der Waals surface area contributed by atoms with Crippen molar-refractivity contribution in [3.63, 3.8) is 0 Å². The Morgan fingerprint density at radius 3 is 2.94 bits per heavy atom. The number of pyridine rings is 1. The van der Waals surface area contributed by atoms with Gasteiger partial charge >= 0.3 is 0 Å². The SMILES string of the molecule is Cc1ccc2cccc(OCCCC(=N)N)c2n1. The van der Waals surface area contributed by atoms with Crippen molar-refractivity contribution in [1.29, 1.82) is 5.41 Å². The molecule has 94 valence electrons. The summed E-state index contributed by atoms with van der Waals surface area (Å²) < 4.78 is 5.71. The molecule has 1 aromatic heterocycles. The van der Waals surface area contributed by atoms with Crippen LogP contribution in [0.15, 0.2) is 30.3 Å². The fourth-order valence-corrected chi connectivity index (χ4v) is 1.78. The Morgan fingerprint density at radius 1 is 1.33 bits per heavy atom. The largest absolute Gasteiger partial charge is 0.491 e. The van der Waals surface area contributed by atoms with Gasteiger partial charge in [-0.25, -0.2) is 4.98 Å².